The van der Waals surface area contributed by atoms with Gasteiger partial charge in [0, 0.05) is 32.4 Å². The van der Waals surface area contributed by atoms with Gasteiger partial charge in [0.05, 0.1) is 0 Å². The summed E-state index contributed by atoms with van der Waals surface area (Å²) in [4.78, 5) is 25.3. The second-order valence-corrected chi connectivity index (χ2v) is 7.97. The van der Waals surface area contributed by atoms with Crippen molar-refractivity contribution in [3.8, 4) is 0 Å². The summed E-state index contributed by atoms with van der Waals surface area (Å²) >= 11 is 0. The van der Waals surface area contributed by atoms with E-state index in [1.54, 1.807) is 0 Å². The molecule has 0 saturated carbocycles. The standard InChI is InChI=1S/C21H41NO2/c1-18(2)17-22(5)21(24)16-14-12-10-8-6-7-9-11-13-15-20(23)19(3)4/h18-19H,6-17H2,1-5H3. The van der Waals surface area contributed by atoms with Gasteiger partial charge in [-0.3, -0.25) is 9.59 Å². The van der Waals surface area contributed by atoms with Crippen LogP contribution in [0.2, 0.25) is 0 Å². The lowest BCUT2D eigenvalue weighted by Gasteiger charge is -2.19. The molecule has 0 atom stereocenters. The molecule has 0 aliphatic heterocycles. The molecule has 3 nitrogen and oxygen atoms in total. The SMILES string of the molecule is CC(C)CN(C)C(=O)CCCCCCCCCCCC(=O)C(C)C. The van der Waals surface area contributed by atoms with E-state index in [1.165, 1.54) is 44.9 Å². The molecule has 0 fully saturated rings. The number of hydrogen-bond donors (Lipinski definition) is 0. The molecule has 0 radical (unpaired) electrons. The first kappa shape index (κ1) is 23.1. The molecule has 0 bridgehead atoms. The Morgan fingerprint density at radius 3 is 1.54 bits per heavy atom. The predicted octanol–water partition coefficient (Wildman–Crippen LogP) is 5.62. The van der Waals surface area contributed by atoms with Gasteiger partial charge >= 0.3 is 0 Å². The quantitative estimate of drug-likeness (QED) is 0.363. The van der Waals surface area contributed by atoms with Gasteiger partial charge in [0.1, 0.15) is 5.78 Å². The zero-order valence-electron chi connectivity index (χ0n) is 16.9. The third-order valence-corrected chi connectivity index (χ3v) is 4.52. The maximum absolute atomic E-state index is 11.9. The fourth-order valence-electron chi connectivity index (χ4n) is 2.94. The molecule has 0 saturated heterocycles. The third-order valence-electron chi connectivity index (χ3n) is 4.52. The van der Waals surface area contributed by atoms with E-state index >= 15 is 0 Å². The molecular formula is C21H41NO2. The highest BCUT2D eigenvalue weighted by molar-refractivity contribution is 5.80. The fourth-order valence-corrected chi connectivity index (χ4v) is 2.94. The van der Waals surface area contributed by atoms with Crippen molar-refractivity contribution in [2.45, 2.75) is 98.3 Å². The van der Waals surface area contributed by atoms with Crippen LogP contribution in [-0.2, 0) is 9.59 Å². The van der Waals surface area contributed by atoms with Crippen LogP contribution in [0.15, 0.2) is 0 Å². The van der Waals surface area contributed by atoms with Crippen LogP contribution in [0, 0.1) is 11.8 Å². The minimum atomic E-state index is 0.196. The van der Waals surface area contributed by atoms with Crippen LogP contribution in [-0.4, -0.2) is 30.2 Å². The molecule has 0 unspecified atom stereocenters. The minimum Gasteiger partial charge on any atom is -0.346 e. The van der Waals surface area contributed by atoms with E-state index in [2.05, 4.69) is 13.8 Å². The van der Waals surface area contributed by atoms with Crippen molar-refractivity contribution in [2.24, 2.45) is 11.8 Å². The summed E-state index contributed by atoms with van der Waals surface area (Å²) in [5, 5.41) is 0. The van der Waals surface area contributed by atoms with E-state index in [0.29, 0.717) is 24.0 Å². The van der Waals surface area contributed by atoms with Crippen molar-refractivity contribution in [3.63, 3.8) is 0 Å². The molecular weight excluding hydrogens is 298 g/mol. The molecule has 0 spiro atoms. The second-order valence-electron chi connectivity index (χ2n) is 7.97. The Bertz CT molecular complexity index is 337. The predicted molar refractivity (Wildman–Crippen MR) is 103 cm³/mol. The summed E-state index contributed by atoms with van der Waals surface area (Å²) in [5.41, 5.74) is 0. The van der Waals surface area contributed by atoms with Crippen LogP contribution >= 0.6 is 0 Å². The lowest BCUT2D eigenvalue weighted by molar-refractivity contribution is -0.130. The van der Waals surface area contributed by atoms with E-state index in [-0.39, 0.29) is 5.92 Å². The summed E-state index contributed by atoms with van der Waals surface area (Å²) in [7, 11) is 1.91. The number of Topliss-reactive ketones (excluding diaryl/α,β-unsaturated/α-hetero) is 1. The Kier molecular flexibility index (Phi) is 14.0. The van der Waals surface area contributed by atoms with Crippen LogP contribution in [0.4, 0.5) is 0 Å². The van der Waals surface area contributed by atoms with Gasteiger partial charge in [-0.2, -0.15) is 0 Å². The van der Waals surface area contributed by atoms with Crippen LogP contribution in [0.25, 0.3) is 0 Å². The van der Waals surface area contributed by atoms with E-state index in [1.807, 2.05) is 25.8 Å². The molecule has 0 aromatic heterocycles. The molecule has 0 aliphatic carbocycles. The minimum absolute atomic E-state index is 0.196. The maximum atomic E-state index is 11.9. The molecule has 1 amide bonds. The average Bonchev–Trinajstić information content (AvgIpc) is 2.51. The summed E-state index contributed by atoms with van der Waals surface area (Å²) < 4.78 is 0. The number of rotatable bonds is 15. The molecule has 0 aromatic rings. The Morgan fingerprint density at radius 1 is 0.708 bits per heavy atom. The van der Waals surface area contributed by atoms with Gasteiger partial charge in [0.25, 0.3) is 0 Å². The van der Waals surface area contributed by atoms with Crippen molar-refractivity contribution in [1.29, 1.82) is 0 Å². The lowest BCUT2D eigenvalue weighted by Crippen LogP contribution is -2.29. The molecule has 3 heteroatoms. The molecule has 0 heterocycles. The Labute approximate surface area is 150 Å². The summed E-state index contributed by atoms with van der Waals surface area (Å²) in [6.45, 7) is 9.12. The lowest BCUT2D eigenvalue weighted by atomic mass is 10.0. The van der Waals surface area contributed by atoms with Crippen molar-refractivity contribution in [1.82, 2.24) is 4.90 Å². The van der Waals surface area contributed by atoms with Gasteiger partial charge in [-0.25, -0.2) is 0 Å². The maximum Gasteiger partial charge on any atom is 0.222 e. The third kappa shape index (κ3) is 13.6. The smallest absolute Gasteiger partial charge is 0.222 e. The van der Waals surface area contributed by atoms with Crippen LogP contribution in [0.1, 0.15) is 98.3 Å². The molecule has 0 aromatic carbocycles. The summed E-state index contributed by atoms with van der Waals surface area (Å²) in [6, 6.07) is 0. The molecule has 24 heavy (non-hydrogen) atoms. The molecule has 0 rings (SSSR count). The van der Waals surface area contributed by atoms with E-state index in [9.17, 15) is 9.59 Å². The van der Waals surface area contributed by atoms with Crippen molar-refractivity contribution in [3.05, 3.63) is 0 Å². The average molecular weight is 340 g/mol. The van der Waals surface area contributed by atoms with Gasteiger partial charge in [0.15, 0.2) is 0 Å². The number of carbonyl (C=O) groups excluding carboxylic acids is 2. The Hall–Kier alpha value is -0.860. The molecule has 142 valence electrons. The van der Waals surface area contributed by atoms with Crippen molar-refractivity contribution >= 4 is 11.7 Å². The van der Waals surface area contributed by atoms with Gasteiger partial charge in [-0.05, 0) is 18.8 Å². The number of nitrogens with zero attached hydrogens (tertiary/aromatic N) is 1. The highest BCUT2D eigenvalue weighted by Gasteiger charge is 2.09. The summed E-state index contributed by atoms with van der Waals surface area (Å²) in [6.07, 6.45) is 12.3. The van der Waals surface area contributed by atoms with Crippen LogP contribution < -0.4 is 0 Å². The number of unbranched alkanes of at least 4 members (excludes halogenated alkanes) is 8. The van der Waals surface area contributed by atoms with Gasteiger partial charge < -0.3 is 4.90 Å². The zero-order valence-corrected chi connectivity index (χ0v) is 16.9. The molecule has 0 aliphatic rings. The van der Waals surface area contributed by atoms with Gasteiger partial charge in [-0.1, -0.05) is 72.6 Å². The van der Waals surface area contributed by atoms with E-state index in [4.69, 9.17) is 0 Å². The Balaban J connectivity index is 3.34. The zero-order chi connectivity index (χ0) is 18.4. The van der Waals surface area contributed by atoms with Gasteiger partial charge in [0.2, 0.25) is 5.91 Å². The highest BCUT2D eigenvalue weighted by Crippen LogP contribution is 2.13. The van der Waals surface area contributed by atoms with E-state index < -0.39 is 0 Å². The monoisotopic (exact) mass is 339 g/mol. The summed E-state index contributed by atoms with van der Waals surface area (Å²) in [5.74, 6) is 1.44. The number of hydrogen-bond acceptors (Lipinski definition) is 2. The van der Waals surface area contributed by atoms with Crippen LogP contribution in [0.5, 0.6) is 0 Å². The first-order chi connectivity index (χ1) is 11.3. The fraction of sp³-hybridized carbons (Fsp3) is 0.905. The number of amides is 1. The number of ketones is 1. The normalized spacial score (nSPS) is 11.3. The first-order valence-electron chi connectivity index (χ1n) is 10.1. The van der Waals surface area contributed by atoms with Gasteiger partial charge in [-0.15, -0.1) is 0 Å². The van der Waals surface area contributed by atoms with E-state index in [0.717, 1.165) is 25.8 Å². The first-order valence-corrected chi connectivity index (χ1v) is 10.1. The largest absolute Gasteiger partial charge is 0.346 e. The second kappa shape index (κ2) is 14.5. The van der Waals surface area contributed by atoms with Crippen LogP contribution in [0.3, 0.4) is 0 Å². The van der Waals surface area contributed by atoms with Crippen molar-refractivity contribution < 1.29 is 9.59 Å². The number of carbonyl (C=O) groups is 2. The van der Waals surface area contributed by atoms with Crippen molar-refractivity contribution in [2.75, 3.05) is 13.6 Å². The Morgan fingerprint density at radius 2 is 1.12 bits per heavy atom. The molecule has 0 N–H and O–H groups in total. The topological polar surface area (TPSA) is 37.4 Å². The highest BCUT2D eigenvalue weighted by atomic mass is 16.2.